The van der Waals surface area contributed by atoms with Crippen LogP contribution >= 0.6 is 11.6 Å². The van der Waals surface area contributed by atoms with Crippen LogP contribution in [0.1, 0.15) is 24.6 Å². The minimum Gasteiger partial charge on any atom is -0.387 e. The van der Waals surface area contributed by atoms with Crippen LogP contribution in [-0.4, -0.2) is 48.3 Å². The fraction of sp³-hybridized carbons (Fsp3) is 0.353. The average molecular weight is 391 g/mol. The molecule has 1 fully saturated rings. The molecule has 0 unspecified atom stereocenters. The van der Waals surface area contributed by atoms with Gasteiger partial charge in [0.25, 0.3) is 0 Å². The standard InChI is InChI=1S/C17H19ClN6O3/c1-8(9-2-4-10(18)5-3-9)14-12(25)13(26)17(27-14)24-16-11(6-22-24)15(23-19)20-7-21-16/h2-8,12-14,17,25-26H,19H2,1H3,(H,20,21,23)/t8-,12+,13-,14-,17-/m1/s1. The largest absolute Gasteiger partial charge is 0.387 e. The number of nitrogens with two attached hydrogens (primary N) is 1. The summed E-state index contributed by atoms with van der Waals surface area (Å²) in [6.45, 7) is 1.93. The summed E-state index contributed by atoms with van der Waals surface area (Å²) in [6, 6.07) is 7.31. The SMILES string of the molecule is C[C@H](c1ccc(Cl)cc1)[C@H]1O[C@@H](n2ncc3/c(=N\N)nc[nH]c32)[C@H](O)[C@@H]1O. The van der Waals surface area contributed by atoms with Crippen molar-refractivity contribution in [1.29, 1.82) is 0 Å². The monoisotopic (exact) mass is 390 g/mol. The van der Waals surface area contributed by atoms with Gasteiger partial charge in [-0.15, -0.1) is 0 Å². The molecule has 1 saturated heterocycles. The van der Waals surface area contributed by atoms with Crippen LogP contribution < -0.4 is 11.3 Å². The number of hydrogen-bond donors (Lipinski definition) is 4. The maximum Gasteiger partial charge on any atom is 0.185 e. The van der Waals surface area contributed by atoms with E-state index in [1.807, 2.05) is 19.1 Å². The van der Waals surface area contributed by atoms with Gasteiger partial charge >= 0.3 is 0 Å². The van der Waals surface area contributed by atoms with Crippen molar-refractivity contribution in [1.82, 2.24) is 19.7 Å². The van der Waals surface area contributed by atoms with E-state index < -0.39 is 24.5 Å². The Kier molecular flexibility index (Phi) is 4.60. The van der Waals surface area contributed by atoms with Gasteiger partial charge in [-0.1, -0.05) is 30.7 Å². The summed E-state index contributed by atoms with van der Waals surface area (Å²) < 4.78 is 7.49. The van der Waals surface area contributed by atoms with Crippen LogP contribution in [0.2, 0.25) is 5.02 Å². The molecule has 4 rings (SSSR count). The molecular formula is C17H19ClN6O3. The quantitative estimate of drug-likeness (QED) is 0.382. The molecule has 0 amide bonds. The second-order valence-electron chi connectivity index (χ2n) is 6.52. The molecule has 0 spiro atoms. The highest BCUT2D eigenvalue weighted by Crippen LogP contribution is 2.37. The van der Waals surface area contributed by atoms with Gasteiger partial charge < -0.3 is 25.8 Å². The molecular weight excluding hydrogens is 372 g/mol. The summed E-state index contributed by atoms with van der Waals surface area (Å²) in [6.07, 6.45) is -0.777. The van der Waals surface area contributed by atoms with Crippen LogP contribution in [0, 0.1) is 0 Å². The van der Waals surface area contributed by atoms with Crippen molar-refractivity contribution in [3.63, 3.8) is 0 Å². The number of aliphatic hydroxyl groups excluding tert-OH is 2. The summed E-state index contributed by atoms with van der Waals surface area (Å²) in [7, 11) is 0. The number of H-pyrrole nitrogens is 1. The Bertz CT molecular complexity index is 1020. The molecule has 1 aromatic carbocycles. The maximum absolute atomic E-state index is 10.6. The number of aromatic nitrogens is 4. The Morgan fingerprint density at radius 1 is 1.30 bits per heavy atom. The first-order chi connectivity index (χ1) is 13.0. The molecule has 1 aliphatic rings. The summed E-state index contributed by atoms with van der Waals surface area (Å²) in [5.41, 5.74) is 1.79. The number of nitrogens with zero attached hydrogens (tertiary/aromatic N) is 4. The van der Waals surface area contributed by atoms with Crippen LogP contribution in [0.3, 0.4) is 0 Å². The molecule has 9 nitrogen and oxygen atoms in total. The van der Waals surface area contributed by atoms with Crippen molar-refractivity contribution in [3.8, 4) is 0 Å². The number of rotatable bonds is 3. The normalized spacial score (nSPS) is 27.3. The Morgan fingerprint density at radius 2 is 2.04 bits per heavy atom. The zero-order valence-corrected chi connectivity index (χ0v) is 15.2. The molecule has 10 heteroatoms. The number of aromatic amines is 1. The fourth-order valence-corrected chi connectivity index (χ4v) is 3.57. The Morgan fingerprint density at radius 3 is 2.74 bits per heavy atom. The van der Waals surface area contributed by atoms with E-state index in [2.05, 4.69) is 20.2 Å². The van der Waals surface area contributed by atoms with E-state index in [1.165, 1.54) is 17.2 Å². The number of aliphatic hydroxyl groups is 2. The molecule has 2 aromatic heterocycles. The molecule has 5 atom stereocenters. The predicted molar refractivity (Wildman–Crippen MR) is 97.4 cm³/mol. The summed E-state index contributed by atoms with van der Waals surface area (Å²) in [5.74, 6) is 5.18. The van der Waals surface area contributed by atoms with Crippen molar-refractivity contribution in [2.75, 3.05) is 0 Å². The van der Waals surface area contributed by atoms with E-state index in [1.54, 1.807) is 12.1 Å². The van der Waals surface area contributed by atoms with Crippen LogP contribution in [0.25, 0.3) is 11.0 Å². The van der Waals surface area contributed by atoms with E-state index in [0.717, 1.165) is 5.56 Å². The lowest BCUT2D eigenvalue weighted by Crippen LogP contribution is -2.34. The second kappa shape index (κ2) is 6.93. The van der Waals surface area contributed by atoms with E-state index in [0.29, 0.717) is 21.5 Å². The summed E-state index contributed by atoms with van der Waals surface area (Å²) in [5, 5.41) is 30.3. The number of halogens is 1. The van der Waals surface area contributed by atoms with Crippen molar-refractivity contribution in [2.45, 2.75) is 37.4 Å². The highest BCUT2D eigenvalue weighted by molar-refractivity contribution is 6.30. The van der Waals surface area contributed by atoms with Gasteiger partial charge in [-0.3, -0.25) is 0 Å². The Labute approximate surface area is 159 Å². The molecule has 5 N–H and O–H groups in total. The Balaban J connectivity index is 1.67. The zero-order valence-electron chi connectivity index (χ0n) is 14.4. The molecule has 0 aliphatic carbocycles. The van der Waals surface area contributed by atoms with Crippen LogP contribution in [0.4, 0.5) is 0 Å². The lowest BCUT2D eigenvalue weighted by Gasteiger charge is -2.22. The van der Waals surface area contributed by atoms with Gasteiger partial charge in [-0.05, 0) is 17.7 Å². The molecule has 3 aromatic rings. The average Bonchev–Trinajstić information content (AvgIpc) is 3.23. The highest BCUT2D eigenvalue weighted by Gasteiger charge is 2.47. The summed E-state index contributed by atoms with van der Waals surface area (Å²) >= 11 is 5.94. The third kappa shape index (κ3) is 2.98. The van der Waals surface area contributed by atoms with Gasteiger partial charge in [-0.25, -0.2) is 9.67 Å². The van der Waals surface area contributed by atoms with Gasteiger partial charge in [0.15, 0.2) is 11.7 Å². The van der Waals surface area contributed by atoms with Crippen molar-refractivity contribution in [2.24, 2.45) is 10.9 Å². The van der Waals surface area contributed by atoms with Gasteiger partial charge in [0.1, 0.15) is 17.9 Å². The lowest BCUT2D eigenvalue weighted by atomic mass is 9.91. The van der Waals surface area contributed by atoms with Gasteiger partial charge in [0.05, 0.1) is 24.0 Å². The number of nitrogens with one attached hydrogen (secondary N) is 1. The van der Waals surface area contributed by atoms with Gasteiger partial charge in [-0.2, -0.15) is 10.2 Å². The van der Waals surface area contributed by atoms with E-state index in [-0.39, 0.29) is 5.92 Å². The first-order valence-electron chi connectivity index (χ1n) is 8.43. The van der Waals surface area contributed by atoms with Gasteiger partial charge in [0.2, 0.25) is 0 Å². The molecule has 0 radical (unpaired) electrons. The smallest absolute Gasteiger partial charge is 0.185 e. The van der Waals surface area contributed by atoms with E-state index in [4.69, 9.17) is 22.2 Å². The molecule has 27 heavy (non-hydrogen) atoms. The second-order valence-corrected chi connectivity index (χ2v) is 6.96. The van der Waals surface area contributed by atoms with Crippen LogP contribution in [0.15, 0.2) is 41.9 Å². The minimum atomic E-state index is -1.16. The van der Waals surface area contributed by atoms with E-state index in [9.17, 15) is 10.2 Å². The molecule has 0 saturated carbocycles. The predicted octanol–water partition coefficient (Wildman–Crippen LogP) is 0.610. The van der Waals surface area contributed by atoms with E-state index >= 15 is 0 Å². The lowest BCUT2D eigenvalue weighted by molar-refractivity contribution is -0.0478. The highest BCUT2D eigenvalue weighted by atomic mass is 35.5. The first kappa shape index (κ1) is 17.9. The van der Waals surface area contributed by atoms with Crippen LogP contribution in [0.5, 0.6) is 0 Å². The molecule has 3 heterocycles. The third-order valence-electron chi connectivity index (χ3n) is 4.95. The molecule has 0 bridgehead atoms. The Hall–Kier alpha value is -2.46. The number of benzene rings is 1. The molecule has 142 valence electrons. The van der Waals surface area contributed by atoms with Crippen molar-refractivity contribution >= 4 is 22.6 Å². The third-order valence-corrected chi connectivity index (χ3v) is 5.20. The van der Waals surface area contributed by atoms with Gasteiger partial charge in [0, 0.05) is 10.9 Å². The van der Waals surface area contributed by atoms with Crippen molar-refractivity contribution in [3.05, 3.63) is 52.9 Å². The van der Waals surface area contributed by atoms with Crippen molar-refractivity contribution < 1.29 is 14.9 Å². The zero-order chi connectivity index (χ0) is 19.1. The number of hydrogen-bond acceptors (Lipinski definition) is 7. The summed E-state index contributed by atoms with van der Waals surface area (Å²) in [4.78, 5) is 6.98. The minimum absolute atomic E-state index is 0.168. The molecule has 1 aliphatic heterocycles. The number of ether oxygens (including phenoxy) is 1. The number of fused-ring (bicyclic) bond motifs is 1. The van der Waals surface area contributed by atoms with Crippen LogP contribution in [-0.2, 0) is 4.74 Å². The maximum atomic E-state index is 10.6. The first-order valence-corrected chi connectivity index (χ1v) is 8.81. The fourth-order valence-electron chi connectivity index (χ4n) is 3.45. The topological polar surface area (TPSA) is 135 Å².